The Balaban J connectivity index is 2.12. The minimum absolute atomic E-state index is 0.447. The zero-order valence-electron chi connectivity index (χ0n) is 5.50. The second kappa shape index (κ2) is 2.40. The molecule has 0 aliphatic carbocycles. The highest BCUT2D eigenvalue weighted by molar-refractivity contribution is 5.04. The van der Waals surface area contributed by atoms with Gasteiger partial charge in [0.15, 0.2) is 0 Å². The van der Waals surface area contributed by atoms with Crippen molar-refractivity contribution in [1.82, 2.24) is 15.4 Å². The molecule has 1 aliphatic heterocycles. The van der Waals surface area contributed by atoms with Crippen LogP contribution in [0.15, 0.2) is 12.5 Å². The maximum atomic E-state index is 4.98. The van der Waals surface area contributed by atoms with Crippen molar-refractivity contribution in [2.75, 3.05) is 13.2 Å². The van der Waals surface area contributed by atoms with E-state index in [0.29, 0.717) is 5.92 Å². The highest BCUT2D eigenvalue weighted by Crippen LogP contribution is 2.14. The molecule has 1 fully saturated rings. The lowest BCUT2D eigenvalue weighted by atomic mass is 10.1. The van der Waals surface area contributed by atoms with E-state index in [9.17, 15) is 0 Å². The highest BCUT2D eigenvalue weighted by atomic mass is 16.7. The molecule has 1 unspecified atom stereocenters. The van der Waals surface area contributed by atoms with E-state index in [1.807, 2.05) is 6.20 Å². The average Bonchev–Trinajstić information content (AvgIpc) is 2.59. The third-order valence-electron chi connectivity index (χ3n) is 1.68. The highest BCUT2D eigenvalue weighted by Gasteiger charge is 2.18. The third kappa shape index (κ3) is 0.913. The van der Waals surface area contributed by atoms with Gasteiger partial charge in [0.25, 0.3) is 0 Å². The Morgan fingerprint density at radius 3 is 3.30 bits per heavy atom. The Morgan fingerprint density at radius 2 is 2.70 bits per heavy atom. The van der Waals surface area contributed by atoms with Gasteiger partial charge in [-0.15, -0.1) is 0 Å². The molecule has 0 aromatic carbocycles. The number of hydroxylamine groups is 1. The molecular weight excluding hydrogens is 130 g/mol. The van der Waals surface area contributed by atoms with E-state index < -0.39 is 0 Å². The van der Waals surface area contributed by atoms with Crippen molar-refractivity contribution < 1.29 is 4.84 Å². The summed E-state index contributed by atoms with van der Waals surface area (Å²) in [6.45, 7) is 1.62. The summed E-state index contributed by atoms with van der Waals surface area (Å²) in [5.74, 6) is 0.447. The minimum Gasteiger partial charge on any atom is -0.348 e. The Bertz CT molecular complexity index is 191. The second-order valence-corrected chi connectivity index (χ2v) is 2.36. The molecule has 1 aliphatic rings. The number of hydrogen-bond donors (Lipinski definition) is 2. The van der Waals surface area contributed by atoms with Gasteiger partial charge in [0.05, 0.1) is 12.9 Å². The molecule has 0 amide bonds. The molecule has 2 rings (SSSR count). The van der Waals surface area contributed by atoms with Crippen molar-refractivity contribution in [3.8, 4) is 0 Å². The zero-order chi connectivity index (χ0) is 6.81. The van der Waals surface area contributed by atoms with E-state index in [1.165, 1.54) is 0 Å². The first kappa shape index (κ1) is 5.88. The molecule has 4 nitrogen and oxygen atoms in total. The lowest BCUT2D eigenvalue weighted by molar-refractivity contribution is 0.100. The number of aromatic amines is 1. The van der Waals surface area contributed by atoms with Gasteiger partial charge < -0.3 is 9.82 Å². The molecule has 1 saturated heterocycles. The van der Waals surface area contributed by atoms with Crippen molar-refractivity contribution in [3.05, 3.63) is 18.2 Å². The molecule has 0 bridgehead atoms. The maximum Gasteiger partial charge on any atom is 0.0921 e. The number of nitrogens with zero attached hydrogens (tertiary/aromatic N) is 1. The van der Waals surface area contributed by atoms with E-state index in [2.05, 4.69) is 15.4 Å². The molecule has 4 heteroatoms. The standard InChI is InChI=1S/C6H9N3O/c1-5(3-10-9-1)6-2-7-4-8-6/h2,4-5,9H,1,3H2,(H,7,8). The lowest BCUT2D eigenvalue weighted by Gasteiger charge is -1.99. The van der Waals surface area contributed by atoms with E-state index in [0.717, 1.165) is 18.8 Å². The Labute approximate surface area is 58.6 Å². The summed E-state index contributed by atoms with van der Waals surface area (Å²) < 4.78 is 0. The van der Waals surface area contributed by atoms with E-state index in [1.54, 1.807) is 6.33 Å². The van der Waals surface area contributed by atoms with Crippen LogP contribution in [-0.2, 0) is 4.84 Å². The lowest BCUT2D eigenvalue weighted by Crippen LogP contribution is -2.07. The Hall–Kier alpha value is -0.870. The first-order valence-corrected chi connectivity index (χ1v) is 3.30. The first-order chi connectivity index (χ1) is 4.97. The number of aromatic nitrogens is 2. The fourth-order valence-corrected chi connectivity index (χ4v) is 1.07. The number of hydrogen-bond acceptors (Lipinski definition) is 3. The summed E-state index contributed by atoms with van der Waals surface area (Å²) >= 11 is 0. The SMILES string of the molecule is c1ncc(C2CNOC2)[nH]1. The van der Waals surface area contributed by atoms with E-state index in [-0.39, 0.29) is 0 Å². The van der Waals surface area contributed by atoms with Gasteiger partial charge in [-0.3, -0.25) is 0 Å². The van der Waals surface area contributed by atoms with Crippen molar-refractivity contribution in [2.24, 2.45) is 0 Å². The van der Waals surface area contributed by atoms with E-state index >= 15 is 0 Å². The van der Waals surface area contributed by atoms with Gasteiger partial charge in [0.2, 0.25) is 0 Å². The molecule has 1 aromatic rings. The summed E-state index contributed by atoms with van der Waals surface area (Å²) in [5, 5.41) is 0. The Kier molecular flexibility index (Phi) is 1.41. The molecule has 0 spiro atoms. The van der Waals surface area contributed by atoms with Crippen LogP contribution in [0.3, 0.4) is 0 Å². The molecule has 1 aromatic heterocycles. The summed E-state index contributed by atoms with van der Waals surface area (Å²) in [5.41, 5.74) is 3.96. The van der Waals surface area contributed by atoms with Gasteiger partial charge >= 0.3 is 0 Å². The molecular formula is C6H9N3O. The molecule has 0 radical (unpaired) electrons. The largest absolute Gasteiger partial charge is 0.348 e. The quantitative estimate of drug-likeness (QED) is 0.577. The van der Waals surface area contributed by atoms with Crippen LogP contribution in [0.1, 0.15) is 11.6 Å². The van der Waals surface area contributed by atoms with Gasteiger partial charge in [0.1, 0.15) is 0 Å². The first-order valence-electron chi connectivity index (χ1n) is 3.30. The summed E-state index contributed by atoms with van der Waals surface area (Å²) in [6, 6.07) is 0. The van der Waals surface area contributed by atoms with E-state index in [4.69, 9.17) is 4.84 Å². The number of rotatable bonds is 1. The minimum atomic E-state index is 0.447. The molecule has 2 N–H and O–H groups in total. The van der Waals surface area contributed by atoms with Crippen LogP contribution in [0.25, 0.3) is 0 Å². The van der Waals surface area contributed by atoms with Crippen molar-refractivity contribution in [3.63, 3.8) is 0 Å². The average molecular weight is 139 g/mol. The van der Waals surface area contributed by atoms with Crippen LogP contribution in [0, 0.1) is 0 Å². The van der Waals surface area contributed by atoms with Crippen LogP contribution >= 0.6 is 0 Å². The maximum absolute atomic E-state index is 4.98. The van der Waals surface area contributed by atoms with Gasteiger partial charge in [-0.05, 0) is 0 Å². The smallest absolute Gasteiger partial charge is 0.0921 e. The van der Waals surface area contributed by atoms with Gasteiger partial charge in [-0.25, -0.2) is 10.5 Å². The summed E-state index contributed by atoms with van der Waals surface area (Å²) in [6.07, 6.45) is 3.52. The Morgan fingerprint density at radius 1 is 1.70 bits per heavy atom. The molecule has 1 atom stereocenters. The van der Waals surface area contributed by atoms with Crippen molar-refractivity contribution in [2.45, 2.75) is 5.92 Å². The molecule has 54 valence electrons. The number of H-pyrrole nitrogens is 1. The summed E-state index contributed by atoms with van der Waals surface area (Å²) in [4.78, 5) is 12.0. The van der Waals surface area contributed by atoms with Crippen molar-refractivity contribution in [1.29, 1.82) is 0 Å². The second-order valence-electron chi connectivity index (χ2n) is 2.36. The fraction of sp³-hybridized carbons (Fsp3) is 0.500. The van der Waals surface area contributed by atoms with Gasteiger partial charge in [-0.1, -0.05) is 0 Å². The van der Waals surface area contributed by atoms with Crippen LogP contribution in [0.4, 0.5) is 0 Å². The van der Waals surface area contributed by atoms with Crippen LogP contribution in [0.5, 0.6) is 0 Å². The van der Waals surface area contributed by atoms with Crippen LogP contribution in [0.2, 0.25) is 0 Å². The normalized spacial score (nSPS) is 25.4. The number of imidazole rings is 1. The van der Waals surface area contributed by atoms with Crippen LogP contribution < -0.4 is 5.48 Å². The van der Waals surface area contributed by atoms with Gasteiger partial charge in [-0.2, -0.15) is 0 Å². The van der Waals surface area contributed by atoms with Crippen LogP contribution in [-0.4, -0.2) is 23.1 Å². The molecule has 0 saturated carbocycles. The predicted octanol–water partition coefficient (Wildman–Crippen LogP) is 0.0281. The predicted molar refractivity (Wildman–Crippen MR) is 35.3 cm³/mol. The number of nitrogens with one attached hydrogen (secondary N) is 2. The molecule has 2 heterocycles. The topological polar surface area (TPSA) is 49.9 Å². The third-order valence-corrected chi connectivity index (χ3v) is 1.68. The zero-order valence-corrected chi connectivity index (χ0v) is 5.50. The monoisotopic (exact) mass is 139 g/mol. The van der Waals surface area contributed by atoms with Gasteiger partial charge in [0, 0.05) is 24.4 Å². The van der Waals surface area contributed by atoms with Crippen molar-refractivity contribution >= 4 is 0 Å². The summed E-state index contributed by atoms with van der Waals surface area (Å²) in [7, 11) is 0. The molecule has 10 heavy (non-hydrogen) atoms. The fourth-order valence-electron chi connectivity index (χ4n) is 1.07.